The Kier molecular flexibility index (Phi) is 3.92. The van der Waals surface area contributed by atoms with Crippen molar-refractivity contribution in [3.63, 3.8) is 0 Å². The maximum absolute atomic E-state index is 12.4. The summed E-state index contributed by atoms with van der Waals surface area (Å²) in [6, 6.07) is 5.29. The molecule has 0 radical (unpaired) electrons. The molecule has 0 aliphatic carbocycles. The van der Waals surface area contributed by atoms with Gasteiger partial charge in [-0.2, -0.15) is 0 Å². The number of anilines is 1. The zero-order valence-corrected chi connectivity index (χ0v) is 11.9. The van der Waals surface area contributed by atoms with Crippen LogP contribution in [-0.2, 0) is 0 Å². The smallest absolute Gasteiger partial charge is 0.255 e. The van der Waals surface area contributed by atoms with Crippen LogP contribution in [0.3, 0.4) is 0 Å². The van der Waals surface area contributed by atoms with Gasteiger partial charge in [-0.25, -0.2) is 0 Å². The number of aliphatic hydroxyl groups excluding tert-OH is 1. The van der Waals surface area contributed by atoms with Gasteiger partial charge in [-0.1, -0.05) is 13.0 Å². The number of halogens is 1. The number of carbonyl (C=O) groups excluding carboxylic acids is 1. The molecule has 0 saturated carbocycles. The topological polar surface area (TPSA) is 66.6 Å². The highest BCUT2D eigenvalue weighted by molar-refractivity contribution is 9.10. The quantitative estimate of drug-likeness (QED) is 0.778. The zero-order valence-electron chi connectivity index (χ0n) is 10.3. The number of rotatable bonds is 1. The lowest BCUT2D eigenvalue weighted by Gasteiger charge is -2.34. The van der Waals surface area contributed by atoms with Gasteiger partial charge in [-0.15, -0.1) is 0 Å². The van der Waals surface area contributed by atoms with Crippen molar-refractivity contribution in [3.05, 3.63) is 28.2 Å². The molecular formula is C13H17BrN2O2. The first kappa shape index (κ1) is 13.4. The van der Waals surface area contributed by atoms with E-state index in [1.54, 1.807) is 23.1 Å². The average Bonchev–Trinajstić information content (AvgIpc) is 2.35. The highest BCUT2D eigenvalue weighted by Gasteiger charge is 2.28. The van der Waals surface area contributed by atoms with Crippen molar-refractivity contribution >= 4 is 27.5 Å². The van der Waals surface area contributed by atoms with Crippen LogP contribution in [0, 0.1) is 5.92 Å². The Morgan fingerprint density at radius 3 is 2.94 bits per heavy atom. The van der Waals surface area contributed by atoms with Gasteiger partial charge in [0.15, 0.2) is 0 Å². The standard InChI is InChI=1S/C13H17BrN2O2/c1-8-7-16(6-5-11(8)17)13(18)9-3-2-4-10(15)12(9)14/h2-4,8,11,17H,5-7,15H2,1H3. The third-order valence-electron chi connectivity index (χ3n) is 3.41. The molecule has 1 aliphatic rings. The number of benzene rings is 1. The number of nitrogens with two attached hydrogens (primary N) is 1. The molecule has 4 nitrogen and oxygen atoms in total. The summed E-state index contributed by atoms with van der Waals surface area (Å²) in [6.45, 7) is 3.13. The Morgan fingerprint density at radius 1 is 1.56 bits per heavy atom. The molecule has 2 unspecified atom stereocenters. The summed E-state index contributed by atoms with van der Waals surface area (Å²) in [6.07, 6.45) is 0.325. The van der Waals surface area contributed by atoms with Crippen molar-refractivity contribution in [2.75, 3.05) is 18.8 Å². The molecule has 1 heterocycles. The number of nitrogen functional groups attached to an aromatic ring is 1. The molecular weight excluding hydrogens is 296 g/mol. The average molecular weight is 313 g/mol. The van der Waals surface area contributed by atoms with E-state index in [-0.39, 0.29) is 17.9 Å². The van der Waals surface area contributed by atoms with Gasteiger partial charge in [0, 0.05) is 18.8 Å². The zero-order chi connectivity index (χ0) is 13.3. The summed E-state index contributed by atoms with van der Waals surface area (Å²) in [5.74, 6) is 0.0791. The summed E-state index contributed by atoms with van der Waals surface area (Å²) in [5.41, 5.74) is 6.92. The Balaban J connectivity index is 2.19. The summed E-state index contributed by atoms with van der Waals surface area (Å²) in [5, 5.41) is 9.68. The molecule has 3 N–H and O–H groups in total. The van der Waals surface area contributed by atoms with E-state index in [0.717, 1.165) is 0 Å². The maximum atomic E-state index is 12.4. The van der Waals surface area contributed by atoms with Crippen molar-refractivity contribution < 1.29 is 9.90 Å². The largest absolute Gasteiger partial charge is 0.398 e. The lowest BCUT2D eigenvalue weighted by atomic mass is 9.96. The normalized spacial score (nSPS) is 24.1. The Morgan fingerprint density at radius 2 is 2.28 bits per heavy atom. The molecule has 1 aromatic rings. The van der Waals surface area contributed by atoms with Gasteiger partial charge in [-0.05, 0) is 40.4 Å². The van der Waals surface area contributed by atoms with E-state index in [4.69, 9.17) is 5.73 Å². The van der Waals surface area contributed by atoms with E-state index in [0.29, 0.717) is 35.2 Å². The van der Waals surface area contributed by atoms with Gasteiger partial charge < -0.3 is 15.7 Å². The van der Waals surface area contributed by atoms with Gasteiger partial charge in [0.1, 0.15) is 0 Å². The molecule has 0 spiro atoms. The molecule has 2 rings (SSSR count). The second-order valence-corrected chi connectivity index (χ2v) is 5.59. The molecule has 1 saturated heterocycles. The van der Waals surface area contributed by atoms with Crippen LogP contribution in [0.1, 0.15) is 23.7 Å². The van der Waals surface area contributed by atoms with Crippen molar-refractivity contribution in [1.82, 2.24) is 4.90 Å². The lowest BCUT2D eigenvalue weighted by molar-refractivity contribution is 0.0297. The van der Waals surface area contributed by atoms with Gasteiger partial charge in [0.05, 0.1) is 16.1 Å². The van der Waals surface area contributed by atoms with Crippen molar-refractivity contribution in [3.8, 4) is 0 Å². The first-order chi connectivity index (χ1) is 8.50. The minimum absolute atomic E-state index is 0.0343. The van der Waals surface area contributed by atoms with Crippen LogP contribution < -0.4 is 5.73 Å². The Bertz CT molecular complexity index is 464. The fourth-order valence-corrected chi connectivity index (χ4v) is 2.64. The second kappa shape index (κ2) is 5.28. The SMILES string of the molecule is CC1CN(C(=O)c2cccc(N)c2Br)CCC1O. The Hall–Kier alpha value is -1.07. The van der Waals surface area contributed by atoms with Crippen LogP contribution in [0.15, 0.2) is 22.7 Å². The number of amides is 1. The molecule has 0 bridgehead atoms. The van der Waals surface area contributed by atoms with E-state index < -0.39 is 0 Å². The third kappa shape index (κ3) is 2.52. The van der Waals surface area contributed by atoms with E-state index in [9.17, 15) is 9.90 Å². The number of likely N-dealkylation sites (tertiary alicyclic amines) is 1. The van der Waals surface area contributed by atoms with Gasteiger partial charge in [-0.3, -0.25) is 4.79 Å². The Labute approximate surface area is 115 Å². The van der Waals surface area contributed by atoms with Crippen LogP contribution in [0.4, 0.5) is 5.69 Å². The van der Waals surface area contributed by atoms with E-state index >= 15 is 0 Å². The number of hydrogen-bond acceptors (Lipinski definition) is 3. The summed E-state index contributed by atoms with van der Waals surface area (Å²) in [4.78, 5) is 14.2. The summed E-state index contributed by atoms with van der Waals surface area (Å²) in [7, 11) is 0. The molecule has 1 amide bonds. The number of nitrogens with zero attached hydrogens (tertiary/aromatic N) is 1. The second-order valence-electron chi connectivity index (χ2n) is 4.79. The van der Waals surface area contributed by atoms with Crippen molar-refractivity contribution in [1.29, 1.82) is 0 Å². The number of piperidine rings is 1. The van der Waals surface area contributed by atoms with Crippen LogP contribution in [0.25, 0.3) is 0 Å². The molecule has 1 aliphatic heterocycles. The summed E-state index contributed by atoms with van der Waals surface area (Å²) >= 11 is 3.35. The molecule has 5 heteroatoms. The first-order valence-electron chi connectivity index (χ1n) is 6.02. The maximum Gasteiger partial charge on any atom is 0.255 e. The first-order valence-corrected chi connectivity index (χ1v) is 6.81. The minimum Gasteiger partial charge on any atom is -0.398 e. The van der Waals surface area contributed by atoms with Crippen LogP contribution in [0.2, 0.25) is 0 Å². The predicted octanol–water partition coefficient (Wildman–Crippen LogP) is 1.87. The number of carbonyl (C=O) groups is 1. The van der Waals surface area contributed by atoms with E-state index in [2.05, 4.69) is 15.9 Å². The van der Waals surface area contributed by atoms with Gasteiger partial charge >= 0.3 is 0 Å². The highest BCUT2D eigenvalue weighted by Crippen LogP contribution is 2.26. The molecule has 1 fully saturated rings. The van der Waals surface area contributed by atoms with Gasteiger partial charge in [0.25, 0.3) is 5.91 Å². The van der Waals surface area contributed by atoms with Gasteiger partial charge in [0.2, 0.25) is 0 Å². The molecule has 0 aromatic heterocycles. The fourth-order valence-electron chi connectivity index (χ4n) is 2.20. The predicted molar refractivity (Wildman–Crippen MR) is 74.2 cm³/mol. The number of aliphatic hydroxyl groups is 1. The van der Waals surface area contributed by atoms with Crippen molar-refractivity contribution in [2.24, 2.45) is 5.92 Å². The monoisotopic (exact) mass is 312 g/mol. The van der Waals surface area contributed by atoms with E-state index in [1.807, 2.05) is 6.92 Å². The minimum atomic E-state index is -0.307. The number of hydrogen-bond donors (Lipinski definition) is 2. The van der Waals surface area contributed by atoms with Crippen molar-refractivity contribution in [2.45, 2.75) is 19.4 Å². The summed E-state index contributed by atoms with van der Waals surface area (Å²) < 4.78 is 0.647. The molecule has 2 atom stereocenters. The van der Waals surface area contributed by atoms with E-state index in [1.165, 1.54) is 0 Å². The van der Waals surface area contributed by atoms with Crippen LogP contribution >= 0.6 is 15.9 Å². The molecule has 98 valence electrons. The molecule has 18 heavy (non-hydrogen) atoms. The third-order valence-corrected chi connectivity index (χ3v) is 4.29. The van der Waals surface area contributed by atoms with Crippen LogP contribution in [0.5, 0.6) is 0 Å². The molecule has 1 aromatic carbocycles. The van der Waals surface area contributed by atoms with Crippen LogP contribution in [-0.4, -0.2) is 35.1 Å². The fraction of sp³-hybridized carbons (Fsp3) is 0.462. The lowest BCUT2D eigenvalue weighted by Crippen LogP contribution is -2.45. The highest BCUT2D eigenvalue weighted by atomic mass is 79.9.